The molecule has 1 aromatic rings. The van der Waals surface area contributed by atoms with Gasteiger partial charge < -0.3 is 10.6 Å². The van der Waals surface area contributed by atoms with Crippen LogP contribution in [0.1, 0.15) is 12.0 Å². The van der Waals surface area contributed by atoms with E-state index in [2.05, 4.69) is 10.6 Å². The van der Waals surface area contributed by atoms with Crippen molar-refractivity contribution in [2.45, 2.75) is 19.0 Å². The second-order valence-corrected chi connectivity index (χ2v) is 5.14. The van der Waals surface area contributed by atoms with E-state index < -0.39 is 29.9 Å². The number of carbonyl (C=O) groups excluding carboxylic acids is 1. The fourth-order valence-corrected chi connectivity index (χ4v) is 2.44. The van der Waals surface area contributed by atoms with E-state index in [-0.39, 0.29) is 25.9 Å². The number of benzene rings is 1. The second-order valence-electron chi connectivity index (χ2n) is 5.14. The Morgan fingerprint density at radius 2 is 2.14 bits per heavy atom. The van der Waals surface area contributed by atoms with E-state index in [1.54, 1.807) is 6.07 Å². The zero-order valence-corrected chi connectivity index (χ0v) is 11.3. The van der Waals surface area contributed by atoms with Gasteiger partial charge in [-0.3, -0.25) is 4.79 Å². The van der Waals surface area contributed by atoms with Crippen molar-refractivity contribution in [2.24, 2.45) is 5.41 Å². The third-order valence-corrected chi connectivity index (χ3v) is 3.72. The minimum Gasteiger partial charge on any atom is -0.355 e. The fraction of sp³-hybridized carbons (Fsp3) is 0.500. The van der Waals surface area contributed by atoms with Crippen LogP contribution in [0.4, 0.5) is 17.6 Å². The van der Waals surface area contributed by atoms with Gasteiger partial charge in [0.15, 0.2) is 5.41 Å². The summed E-state index contributed by atoms with van der Waals surface area (Å²) < 4.78 is 52.3. The fourth-order valence-electron chi connectivity index (χ4n) is 2.44. The number of amides is 1. The molecular weight excluding hydrogens is 288 g/mol. The molecule has 116 valence electrons. The topological polar surface area (TPSA) is 41.1 Å². The molecule has 0 aromatic heterocycles. The van der Waals surface area contributed by atoms with Crippen LogP contribution in [-0.4, -0.2) is 31.7 Å². The van der Waals surface area contributed by atoms with Crippen LogP contribution < -0.4 is 10.6 Å². The van der Waals surface area contributed by atoms with Gasteiger partial charge in [0.1, 0.15) is 5.82 Å². The Bertz CT molecular complexity index is 510. The first-order valence-corrected chi connectivity index (χ1v) is 6.65. The molecule has 21 heavy (non-hydrogen) atoms. The number of nitrogens with one attached hydrogen (secondary N) is 2. The third-order valence-electron chi connectivity index (χ3n) is 3.72. The van der Waals surface area contributed by atoms with Crippen LogP contribution in [0, 0.1) is 11.2 Å². The second kappa shape index (κ2) is 6.01. The standard InChI is InChI=1S/C14H16F4N2O/c15-11-3-1-2-10(8-11)4-6-20-12(21)13(14(16,17)18)5-7-19-9-13/h1-3,8,19H,4-7,9H2,(H,20,21). The van der Waals surface area contributed by atoms with Gasteiger partial charge in [0.2, 0.25) is 5.91 Å². The predicted octanol–water partition coefficient (Wildman–Crippen LogP) is 2.03. The number of carbonyl (C=O) groups is 1. The largest absolute Gasteiger partial charge is 0.404 e. The van der Waals surface area contributed by atoms with Gasteiger partial charge in [-0.15, -0.1) is 0 Å². The Balaban J connectivity index is 1.94. The van der Waals surface area contributed by atoms with Crippen molar-refractivity contribution >= 4 is 5.91 Å². The molecule has 1 unspecified atom stereocenters. The molecule has 1 aliphatic rings. The van der Waals surface area contributed by atoms with Crippen LogP contribution in [0.25, 0.3) is 0 Å². The first-order valence-electron chi connectivity index (χ1n) is 6.65. The number of rotatable bonds is 4. The highest BCUT2D eigenvalue weighted by Crippen LogP contribution is 2.43. The maximum Gasteiger partial charge on any atom is 0.404 e. The summed E-state index contributed by atoms with van der Waals surface area (Å²) in [7, 11) is 0. The average Bonchev–Trinajstić information content (AvgIpc) is 2.88. The lowest BCUT2D eigenvalue weighted by atomic mass is 9.85. The smallest absolute Gasteiger partial charge is 0.355 e. The van der Waals surface area contributed by atoms with E-state index in [0.717, 1.165) is 0 Å². The first-order chi connectivity index (χ1) is 9.85. The summed E-state index contributed by atoms with van der Waals surface area (Å²) in [6.45, 7) is -0.195. The minimum absolute atomic E-state index is 0.0418. The molecule has 1 atom stereocenters. The summed E-state index contributed by atoms with van der Waals surface area (Å²) in [5.41, 5.74) is -1.73. The lowest BCUT2D eigenvalue weighted by molar-refractivity contribution is -0.215. The summed E-state index contributed by atoms with van der Waals surface area (Å²) in [6, 6.07) is 5.75. The summed E-state index contributed by atoms with van der Waals surface area (Å²) in [5.74, 6) is -1.43. The van der Waals surface area contributed by atoms with E-state index >= 15 is 0 Å². The highest BCUT2D eigenvalue weighted by atomic mass is 19.4. The molecule has 1 amide bonds. The number of hydrogen-bond acceptors (Lipinski definition) is 2. The van der Waals surface area contributed by atoms with Crippen LogP contribution in [0.5, 0.6) is 0 Å². The molecule has 1 aliphatic heterocycles. The van der Waals surface area contributed by atoms with Crippen molar-refractivity contribution in [3.63, 3.8) is 0 Å². The molecule has 0 aliphatic carbocycles. The lowest BCUT2D eigenvalue weighted by Crippen LogP contribution is -2.52. The molecule has 3 nitrogen and oxygen atoms in total. The zero-order valence-electron chi connectivity index (χ0n) is 11.3. The summed E-state index contributed by atoms with van der Waals surface area (Å²) >= 11 is 0. The molecule has 0 saturated carbocycles. The molecular formula is C14H16F4N2O. The molecule has 1 heterocycles. The SMILES string of the molecule is O=C(NCCc1cccc(F)c1)C1(C(F)(F)F)CCNC1. The van der Waals surface area contributed by atoms with E-state index in [1.807, 2.05) is 0 Å². The molecule has 7 heteroatoms. The summed E-state index contributed by atoms with van der Waals surface area (Å²) in [5, 5.41) is 4.90. The lowest BCUT2D eigenvalue weighted by Gasteiger charge is -2.29. The molecule has 0 radical (unpaired) electrons. The van der Waals surface area contributed by atoms with Crippen molar-refractivity contribution < 1.29 is 22.4 Å². The van der Waals surface area contributed by atoms with Crippen molar-refractivity contribution in [3.8, 4) is 0 Å². The number of halogens is 4. The summed E-state index contributed by atoms with van der Waals surface area (Å²) in [6.07, 6.45) is -4.56. The maximum atomic E-state index is 13.1. The van der Waals surface area contributed by atoms with Gasteiger partial charge in [0, 0.05) is 13.1 Å². The molecule has 0 spiro atoms. The molecule has 1 fully saturated rings. The maximum absolute atomic E-state index is 13.1. The molecule has 0 bridgehead atoms. The van der Waals surface area contributed by atoms with Gasteiger partial charge in [-0.05, 0) is 37.1 Å². The van der Waals surface area contributed by atoms with Crippen LogP contribution >= 0.6 is 0 Å². The van der Waals surface area contributed by atoms with Gasteiger partial charge in [0.25, 0.3) is 0 Å². The minimum atomic E-state index is -4.58. The van der Waals surface area contributed by atoms with Crippen LogP contribution in [-0.2, 0) is 11.2 Å². The van der Waals surface area contributed by atoms with Gasteiger partial charge in [0.05, 0.1) is 0 Å². The quantitative estimate of drug-likeness (QED) is 0.836. The molecule has 2 rings (SSSR count). The van der Waals surface area contributed by atoms with Gasteiger partial charge >= 0.3 is 6.18 Å². The number of alkyl halides is 3. The van der Waals surface area contributed by atoms with Crippen molar-refractivity contribution in [1.29, 1.82) is 0 Å². The highest BCUT2D eigenvalue weighted by Gasteiger charge is 2.61. The van der Waals surface area contributed by atoms with Gasteiger partial charge in [-0.2, -0.15) is 13.2 Å². The summed E-state index contributed by atoms with van der Waals surface area (Å²) in [4.78, 5) is 11.9. The predicted molar refractivity (Wildman–Crippen MR) is 69.1 cm³/mol. The van der Waals surface area contributed by atoms with Crippen molar-refractivity contribution in [1.82, 2.24) is 10.6 Å². The number of hydrogen-bond donors (Lipinski definition) is 2. The van der Waals surface area contributed by atoms with Gasteiger partial charge in [-0.25, -0.2) is 4.39 Å². The van der Waals surface area contributed by atoms with E-state index in [1.165, 1.54) is 18.2 Å². The van der Waals surface area contributed by atoms with E-state index in [4.69, 9.17) is 0 Å². The third kappa shape index (κ3) is 3.34. The van der Waals surface area contributed by atoms with Crippen LogP contribution in [0.3, 0.4) is 0 Å². The van der Waals surface area contributed by atoms with Gasteiger partial charge in [-0.1, -0.05) is 12.1 Å². The Kier molecular flexibility index (Phi) is 4.51. The highest BCUT2D eigenvalue weighted by molar-refractivity contribution is 5.84. The molecule has 1 aromatic carbocycles. The zero-order chi connectivity index (χ0) is 15.5. The molecule has 2 N–H and O–H groups in total. The van der Waals surface area contributed by atoms with Crippen LogP contribution in [0.2, 0.25) is 0 Å². The average molecular weight is 304 g/mol. The Morgan fingerprint density at radius 1 is 1.38 bits per heavy atom. The Labute approximate surface area is 119 Å². The Hall–Kier alpha value is -1.63. The van der Waals surface area contributed by atoms with Crippen LogP contribution in [0.15, 0.2) is 24.3 Å². The normalized spacial score (nSPS) is 22.3. The first kappa shape index (κ1) is 15.8. The van der Waals surface area contributed by atoms with Crippen molar-refractivity contribution in [2.75, 3.05) is 19.6 Å². The van der Waals surface area contributed by atoms with E-state index in [0.29, 0.717) is 5.56 Å². The monoisotopic (exact) mass is 304 g/mol. The Morgan fingerprint density at radius 3 is 2.71 bits per heavy atom. The van der Waals surface area contributed by atoms with E-state index in [9.17, 15) is 22.4 Å². The van der Waals surface area contributed by atoms with Crippen molar-refractivity contribution in [3.05, 3.63) is 35.6 Å². The molecule has 1 saturated heterocycles.